The second kappa shape index (κ2) is 8.11. The molecule has 0 unspecified atom stereocenters. The standard InChI is InChI=1S/C19H19F3N2O3/c1-11-7-6-10-16(12(11)2)27-13(3)17(25)23-24-18(26)14-8-4-5-9-15(14)19(20,21)22/h4-10,13H,1-3H3,(H,23,25)(H,24,26)/t13-/m0/s1. The number of rotatable bonds is 4. The van der Waals surface area contributed by atoms with Crippen LogP contribution < -0.4 is 15.6 Å². The molecule has 5 nitrogen and oxygen atoms in total. The molecule has 2 amide bonds. The molecule has 0 aliphatic carbocycles. The molecule has 1 atom stereocenters. The monoisotopic (exact) mass is 380 g/mol. The van der Waals surface area contributed by atoms with E-state index in [9.17, 15) is 22.8 Å². The fraction of sp³-hybridized carbons (Fsp3) is 0.263. The summed E-state index contributed by atoms with van der Waals surface area (Å²) in [6.07, 6.45) is -5.65. The molecule has 0 radical (unpaired) electrons. The molecule has 27 heavy (non-hydrogen) atoms. The van der Waals surface area contributed by atoms with Gasteiger partial charge in [0.15, 0.2) is 6.10 Å². The van der Waals surface area contributed by atoms with Crippen molar-refractivity contribution >= 4 is 11.8 Å². The zero-order valence-corrected chi connectivity index (χ0v) is 15.0. The molecule has 2 aromatic carbocycles. The lowest BCUT2D eigenvalue weighted by molar-refractivity contribution is -0.137. The van der Waals surface area contributed by atoms with Crippen LogP contribution >= 0.6 is 0 Å². The number of halogens is 3. The van der Waals surface area contributed by atoms with E-state index in [0.29, 0.717) is 5.75 Å². The fourth-order valence-electron chi connectivity index (χ4n) is 2.31. The van der Waals surface area contributed by atoms with Crippen molar-refractivity contribution in [3.05, 3.63) is 64.7 Å². The number of alkyl halides is 3. The van der Waals surface area contributed by atoms with Gasteiger partial charge in [0.1, 0.15) is 5.75 Å². The summed E-state index contributed by atoms with van der Waals surface area (Å²) >= 11 is 0. The van der Waals surface area contributed by atoms with Crippen molar-refractivity contribution in [3.8, 4) is 5.75 Å². The van der Waals surface area contributed by atoms with Crippen molar-refractivity contribution in [2.75, 3.05) is 0 Å². The van der Waals surface area contributed by atoms with Gasteiger partial charge in [0.05, 0.1) is 11.1 Å². The van der Waals surface area contributed by atoms with E-state index < -0.39 is 35.2 Å². The minimum Gasteiger partial charge on any atom is -0.481 e. The minimum absolute atomic E-state index is 0.506. The molecular weight excluding hydrogens is 361 g/mol. The van der Waals surface area contributed by atoms with Gasteiger partial charge < -0.3 is 4.74 Å². The average molecular weight is 380 g/mol. The summed E-state index contributed by atoms with van der Waals surface area (Å²) in [5, 5.41) is 0. The summed E-state index contributed by atoms with van der Waals surface area (Å²) in [7, 11) is 0. The van der Waals surface area contributed by atoms with Gasteiger partial charge in [-0.25, -0.2) is 0 Å². The van der Waals surface area contributed by atoms with Crippen molar-refractivity contribution in [1.82, 2.24) is 10.9 Å². The quantitative estimate of drug-likeness (QED) is 0.798. The maximum Gasteiger partial charge on any atom is 0.417 e. The first-order valence-electron chi connectivity index (χ1n) is 8.10. The Kier molecular flexibility index (Phi) is 6.09. The average Bonchev–Trinajstić information content (AvgIpc) is 2.62. The molecule has 8 heteroatoms. The molecule has 0 aromatic heterocycles. The second-order valence-corrected chi connectivity index (χ2v) is 5.94. The van der Waals surface area contributed by atoms with E-state index in [1.807, 2.05) is 25.3 Å². The van der Waals surface area contributed by atoms with Crippen LogP contribution in [0.5, 0.6) is 5.75 Å². The van der Waals surface area contributed by atoms with Gasteiger partial charge in [0.25, 0.3) is 11.8 Å². The van der Waals surface area contributed by atoms with Crippen LogP contribution in [-0.4, -0.2) is 17.9 Å². The molecule has 0 saturated carbocycles. The Bertz CT molecular complexity index is 850. The molecule has 2 aromatic rings. The number of carbonyl (C=O) groups is 2. The van der Waals surface area contributed by atoms with Gasteiger partial charge >= 0.3 is 6.18 Å². The molecule has 0 saturated heterocycles. The second-order valence-electron chi connectivity index (χ2n) is 5.94. The van der Waals surface area contributed by atoms with Gasteiger partial charge in [-0.2, -0.15) is 13.2 Å². The Morgan fingerprint density at radius 1 is 1.00 bits per heavy atom. The maximum atomic E-state index is 13.0. The molecule has 144 valence electrons. The third-order valence-corrected chi connectivity index (χ3v) is 4.00. The van der Waals surface area contributed by atoms with Crippen LogP contribution in [0.4, 0.5) is 13.2 Å². The molecule has 0 fully saturated rings. The van der Waals surface area contributed by atoms with Crippen LogP contribution in [0.1, 0.15) is 34.0 Å². The van der Waals surface area contributed by atoms with E-state index in [2.05, 4.69) is 5.43 Å². The summed E-state index contributed by atoms with van der Waals surface area (Å²) in [5.74, 6) is -1.27. The first-order valence-corrected chi connectivity index (χ1v) is 8.10. The Balaban J connectivity index is 2.01. The van der Waals surface area contributed by atoms with Crippen molar-refractivity contribution in [2.24, 2.45) is 0 Å². The maximum absolute atomic E-state index is 13.0. The number of nitrogens with one attached hydrogen (secondary N) is 2. The first-order chi connectivity index (χ1) is 12.6. The number of carbonyl (C=O) groups excluding carboxylic acids is 2. The van der Waals surface area contributed by atoms with Crippen LogP contribution in [0, 0.1) is 13.8 Å². The van der Waals surface area contributed by atoms with E-state index in [1.165, 1.54) is 19.1 Å². The Hall–Kier alpha value is -3.03. The van der Waals surface area contributed by atoms with Crippen LogP contribution in [0.15, 0.2) is 42.5 Å². The molecule has 0 spiro atoms. The highest BCUT2D eigenvalue weighted by Gasteiger charge is 2.35. The summed E-state index contributed by atoms with van der Waals surface area (Å²) in [6.45, 7) is 5.20. The molecule has 0 heterocycles. The van der Waals surface area contributed by atoms with Gasteiger partial charge in [-0.05, 0) is 50.1 Å². The number of ether oxygens (including phenoxy) is 1. The Morgan fingerprint density at radius 2 is 1.67 bits per heavy atom. The number of hydrogen-bond acceptors (Lipinski definition) is 3. The van der Waals surface area contributed by atoms with Crippen LogP contribution in [0.3, 0.4) is 0 Å². The number of hydrazine groups is 1. The van der Waals surface area contributed by atoms with E-state index >= 15 is 0 Å². The van der Waals surface area contributed by atoms with E-state index in [-0.39, 0.29) is 0 Å². The van der Waals surface area contributed by atoms with E-state index in [1.54, 1.807) is 12.1 Å². The van der Waals surface area contributed by atoms with E-state index in [4.69, 9.17) is 4.74 Å². The predicted octanol–water partition coefficient (Wildman–Crippen LogP) is 3.55. The third kappa shape index (κ3) is 4.99. The first kappa shape index (κ1) is 20.3. The predicted molar refractivity (Wildman–Crippen MR) is 93.1 cm³/mol. The lowest BCUT2D eigenvalue weighted by Gasteiger charge is -2.18. The van der Waals surface area contributed by atoms with Crippen LogP contribution in [-0.2, 0) is 11.0 Å². The van der Waals surface area contributed by atoms with Crippen LogP contribution in [0.25, 0.3) is 0 Å². The molecule has 0 aliphatic rings. The van der Waals surface area contributed by atoms with Crippen molar-refractivity contribution < 1.29 is 27.5 Å². The largest absolute Gasteiger partial charge is 0.481 e. The molecule has 2 N–H and O–H groups in total. The lowest BCUT2D eigenvalue weighted by atomic mass is 10.1. The molecule has 2 rings (SSSR count). The van der Waals surface area contributed by atoms with Gasteiger partial charge in [0, 0.05) is 0 Å². The number of amides is 2. The number of aryl methyl sites for hydroxylation is 1. The SMILES string of the molecule is Cc1cccc(O[C@@H](C)C(=O)NNC(=O)c2ccccc2C(F)(F)F)c1C. The van der Waals surface area contributed by atoms with Crippen molar-refractivity contribution in [3.63, 3.8) is 0 Å². The topological polar surface area (TPSA) is 67.4 Å². The minimum atomic E-state index is -4.68. The van der Waals surface area contributed by atoms with Crippen molar-refractivity contribution in [2.45, 2.75) is 33.1 Å². The summed E-state index contributed by atoms with van der Waals surface area (Å²) in [4.78, 5) is 24.1. The highest BCUT2D eigenvalue weighted by molar-refractivity contribution is 5.97. The normalized spacial score (nSPS) is 12.2. The van der Waals surface area contributed by atoms with Gasteiger partial charge in [0.2, 0.25) is 0 Å². The lowest BCUT2D eigenvalue weighted by Crippen LogP contribution is -2.47. The van der Waals surface area contributed by atoms with Gasteiger partial charge in [-0.15, -0.1) is 0 Å². The zero-order valence-electron chi connectivity index (χ0n) is 15.0. The summed E-state index contributed by atoms with van der Waals surface area (Å²) in [5.41, 5.74) is 4.24. The summed E-state index contributed by atoms with van der Waals surface area (Å²) < 4.78 is 44.4. The smallest absolute Gasteiger partial charge is 0.417 e. The zero-order chi connectivity index (χ0) is 20.2. The van der Waals surface area contributed by atoms with E-state index in [0.717, 1.165) is 23.3 Å². The summed E-state index contributed by atoms with van der Waals surface area (Å²) in [6, 6.07) is 9.67. The molecule has 0 bridgehead atoms. The molecular formula is C19H19F3N2O3. The van der Waals surface area contributed by atoms with Crippen LogP contribution in [0.2, 0.25) is 0 Å². The third-order valence-electron chi connectivity index (χ3n) is 4.00. The Morgan fingerprint density at radius 3 is 2.33 bits per heavy atom. The van der Waals surface area contributed by atoms with Crippen molar-refractivity contribution in [1.29, 1.82) is 0 Å². The number of hydrogen-bond donors (Lipinski definition) is 2. The fourth-order valence-corrected chi connectivity index (χ4v) is 2.31. The highest BCUT2D eigenvalue weighted by atomic mass is 19.4. The number of benzene rings is 2. The Labute approximate surface area is 154 Å². The van der Waals surface area contributed by atoms with Gasteiger partial charge in [-0.3, -0.25) is 20.4 Å². The van der Waals surface area contributed by atoms with Gasteiger partial charge in [-0.1, -0.05) is 24.3 Å². The molecule has 0 aliphatic heterocycles. The highest BCUT2D eigenvalue weighted by Crippen LogP contribution is 2.31.